The van der Waals surface area contributed by atoms with E-state index in [2.05, 4.69) is 10.3 Å². The Hall–Kier alpha value is -1.94. The van der Waals surface area contributed by atoms with Crippen LogP contribution in [0, 0.1) is 5.92 Å². The molecule has 1 aliphatic heterocycles. The van der Waals surface area contributed by atoms with Gasteiger partial charge >= 0.3 is 12.1 Å². The molecule has 1 aromatic rings. The average molecular weight is 349 g/mol. The number of pyridine rings is 1. The van der Waals surface area contributed by atoms with Gasteiger partial charge in [0.25, 0.3) is 5.72 Å². The van der Waals surface area contributed by atoms with E-state index in [0.29, 0.717) is 5.56 Å². The summed E-state index contributed by atoms with van der Waals surface area (Å²) in [5.74, 6) is -3.19. The molecule has 0 radical (unpaired) electrons. The summed E-state index contributed by atoms with van der Waals surface area (Å²) in [7, 11) is 0. The summed E-state index contributed by atoms with van der Waals surface area (Å²) in [6.07, 6.45) is -2.43. The fourth-order valence-electron chi connectivity index (χ4n) is 2.39. The highest BCUT2D eigenvalue weighted by Crippen LogP contribution is 2.42. The normalized spacial score (nSPS) is 27.8. The molecule has 1 aliphatic rings. The minimum Gasteiger partial charge on any atom is -0.466 e. The Morgan fingerprint density at radius 2 is 2.09 bits per heavy atom. The Bertz CT molecular complexity index is 599. The van der Waals surface area contributed by atoms with E-state index < -0.39 is 34.9 Å². The van der Waals surface area contributed by atoms with Crippen LogP contribution < -0.4 is 10.6 Å². The molecule has 126 valence electrons. The number of aromatic nitrogens is 1. The van der Waals surface area contributed by atoms with Crippen molar-refractivity contribution in [3.8, 4) is 0 Å². The molecule has 6 nitrogen and oxygen atoms in total. The van der Waals surface area contributed by atoms with Crippen LogP contribution in [0.4, 0.5) is 13.2 Å². The first-order chi connectivity index (χ1) is 10.7. The van der Waals surface area contributed by atoms with Gasteiger partial charge in [0.05, 0.1) is 12.6 Å². The number of aliphatic hydroxyl groups is 1. The van der Waals surface area contributed by atoms with Crippen LogP contribution in [0.3, 0.4) is 0 Å². The van der Waals surface area contributed by atoms with Gasteiger partial charge in [-0.1, -0.05) is 0 Å². The molecule has 0 aromatic carbocycles. The number of nitrogens with one attached hydrogen (secondary N) is 2. The lowest BCUT2D eigenvalue weighted by atomic mass is 9.82. The van der Waals surface area contributed by atoms with Gasteiger partial charge in [0.1, 0.15) is 5.92 Å². The lowest BCUT2D eigenvalue weighted by Gasteiger charge is -2.45. The molecular weight excluding hydrogens is 335 g/mol. The number of rotatable bonds is 3. The highest BCUT2D eigenvalue weighted by molar-refractivity contribution is 7.80. The third-order valence-electron chi connectivity index (χ3n) is 3.41. The van der Waals surface area contributed by atoms with Crippen molar-refractivity contribution in [3.63, 3.8) is 0 Å². The quantitative estimate of drug-likeness (QED) is 0.555. The summed E-state index contributed by atoms with van der Waals surface area (Å²) >= 11 is 4.75. The summed E-state index contributed by atoms with van der Waals surface area (Å²) in [6, 6.07) is 1.63. The largest absolute Gasteiger partial charge is 0.466 e. The second-order valence-corrected chi connectivity index (χ2v) is 5.26. The zero-order valence-electron chi connectivity index (χ0n) is 11.9. The van der Waals surface area contributed by atoms with Gasteiger partial charge < -0.3 is 20.5 Å². The molecule has 3 atom stereocenters. The number of ether oxygens (including phenoxy) is 1. The van der Waals surface area contributed by atoms with Gasteiger partial charge in [-0.15, -0.1) is 0 Å². The summed E-state index contributed by atoms with van der Waals surface area (Å²) in [5.41, 5.74) is -3.24. The molecule has 0 aliphatic carbocycles. The number of alkyl halides is 3. The SMILES string of the molecule is CCOC(=O)C1C(c2ccncc2)NC(=S)NC1(O)C(F)(F)F. The first kappa shape index (κ1) is 17.4. The molecule has 3 unspecified atom stereocenters. The van der Waals surface area contributed by atoms with Crippen LogP contribution in [-0.2, 0) is 9.53 Å². The van der Waals surface area contributed by atoms with E-state index in [-0.39, 0.29) is 6.61 Å². The monoisotopic (exact) mass is 349 g/mol. The number of carbonyl (C=O) groups excluding carboxylic acids is 1. The highest BCUT2D eigenvalue weighted by atomic mass is 32.1. The minimum absolute atomic E-state index is 0.128. The van der Waals surface area contributed by atoms with Crippen LogP contribution in [0.5, 0.6) is 0 Å². The van der Waals surface area contributed by atoms with Crippen LogP contribution in [-0.4, -0.2) is 39.7 Å². The van der Waals surface area contributed by atoms with Crippen LogP contribution in [0.25, 0.3) is 0 Å². The van der Waals surface area contributed by atoms with Gasteiger partial charge in [0.2, 0.25) is 0 Å². The maximum Gasteiger partial charge on any atom is 0.437 e. The van der Waals surface area contributed by atoms with E-state index in [0.717, 1.165) is 0 Å². The average Bonchev–Trinajstić information content (AvgIpc) is 2.46. The van der Waals surface area contributed by atoms with Crippen LogP contribution >= 0.6 is 12.2 Å². The van der Waals surface area contributed by atoms with Crippen molar-refractivity contribution in [2.45, 2.75) is 24.9 Å². The Morgan fingerprint density at radius 3 is 2.61 bits per heavy atom. The van der Waals surface area contributed by atoms with Crippen molar-refractivity contribution in [2.24, 2.45) is 5.92 Å². The van der Waals surface area contributed by atoms with Gasteiger partial charge in [-0.2, -0.15) is 13.2 Å². The standard InChI is InChI=1S/C13H14F3N3O3S/c1-2-22-10(20)8-9(7-3-5-17-6-4-7)18-11(23)19-12(8,21)13(14,15)16/h3-6,8-9,21H,2H2,1H3,(H2,18,19,23). The fraction of sp³-hybridized carbons (Fsp3) is 0.462. The van der Waals surface area contributed by atoms with Gasteiger partial charge in [-0.05, 0) is 36.8 Å². The summed E-state index contributed by atoms with van der Waals surface area (Å²) < 4.78 is 45.0. The topological polar surface area (TPSA) is 83.5 Å². The van der Waals surface area contributed by atoms with E-state index in [1.165, 1.54) is 31.5 Å². The number of thiocarbonyl (C=S) groups is 1. The molecule has 10 heteroatoms. The predicted molar refractivity (Wildman–Crippen MR) is 77.0 cm³/mol. The summed E-state index contributed by atoms with van der Waals surface area (Å²) in [5, 5.41) is 14.1. The molecule has 2 heterocycles. The Balaban J connectivity index is 2.54. The van der Waals surface area contributed by atoms with Crippen LogP contribution in [0.1, 0.15) is 18.5 Å². The predicted octanol–water partition coefficient (Wildman–Crippen LogP) is 1.03. The lowest BCUT2D eigenvalue weighted by molar-refractivity contribution is -0.292. The number of hydrogen-bond acceptors (Lipinski definition) is 5. The molecule has 1 saturated heterocycles. The number of hydrogen-bond donors (Lipinski definition) is 3. The number of halogens is 3. The fourth-order valence-corrected chi connectivity index (χ4v) is 2.67. The van der Waals surface area contributed by atoms with E-state index in [9.17, 15) is 23.1 Å². The Morgan fingerprint density at radius 1 is 1.48 bits per heavy atom. The lowest BCUT2D eigenvalue weighted by Crippen LogP contribution is -2.73. The first-order valence-electron chi connectivity index (χ1n) is 6.65. The smallest absolute Gasteiger partial charge is 0.437 e. The third kappa shape index (κ3) is 3.22. The highest BCUT2D eigenvalue weighted by Gasteiger charge is 2.66. The molecule has 3 N–H and O–H groups in total. The van der Waals surface area contributed by atoms with E-state index in [1.807, 2.05) is 0 Å². The Kier molecular flexibility index (Phi) is 4.76. The van der Waals surface area contributed by atoms with Crippen molar-refractivity contribution < 1.29 is 27.8 Å². The Labute approximate surface area is 135 Å². The molecule has 1 fully saturated rings. The number of carbonyl (C=O) groups is 1. The van der Waals surface area contributed by atoms with E-state index >= 15 is 0 Å². The zero-order chi connectivity index (χ0) is 17.3. The van der Waals surface area contributed by atoms with E-state index in [1.54, 1.807) is 5.32 Å². The van der Waals surface area contributed by atoms with Crippen molar-refractivity contribution in [1.29, 1.82) is 0 Å². The maximum atomic E-state index is 13.4. The molecule has 23 heavy (non-hydrogen) atoms. The molecule has 1 aromatic heterocycles. The molecular formula is C13H14F3N3O3S. The van der Waals surface area contributed by atoms with Crippen LogP contribution in [0.15, 0.2) is 24.5 Å². The molecule has 2 rings (SSSR count). The summed E-state index contributed by atoms with van der Waals surface area (Å²) in [6.45, 7) is 1.33. The maximum absolute atomic E-state index is 13.4. The minimum atomic E-state index is -5.15. The van der Waals surface area contributed by atoms with Gasteiger partial charge in [0.15, 0.2) is 5.11 Å². The van der Waals surface area contributed by atoms with E-state index in [4.69, 9.17) is 17.0 Å². The zero-order valence-corrected chi connectivity index (χ0v) is 12.7. The van der Waals surface area contributed by atoms with Gasteiger partial charge in [0, 0.05) is 12.4 Å². The number of esters is 1. The molecule has 0 spiro atoms. The second kappa shape index (κ2) is 6.28. The first-order valence-corrected chi connectivity index (χ1v) is 7.06. The van der Waals surface area contributed by atoms with Gasteiger partial charge in [-0.3, -0.25) is 9.78 Å². The van der Waals surface area contributed by atoms with Crippen molar-refractivity contribution in [2.75, 3.05) is 6.61 Å². The summed E-state index contributed by atoms with van der Waals surface area (Å²) in [4.78, 5) is 15.9. The van der Waals surface area contributed by atoms with Crippen molar-refractivity contribution >= 4 is 23.3 Å². The van der Waals surface area contributed by atoms with Crippen molar-refractivity contribution in [3.05, 3.63) is 30.1 Å². The molecule has 0 amide bonds. The van der Waals surface area contributed by atoms with Gasteiger partial charge in [-0.25, -0.2) is 0 Å². The number of nitrogens with zero attached hydrogens (tertiary/aromatic N) is 1. The second-order valence-electron chi connectivity index (χ2n) is 4.85. The van der Waals surface area contributed by atoms with Crippen LogP contribution in [0.2, 0.25) is 0 Å². The molecule has 0 saturated carbocycles. The third-order valence-corrected chi connectivity index (χ3v) is 3.63. The molecule has 0 bridgehead atoms. The van der Waals surface area contributed by atoms with Crippen molar-refractivity contribution in [1.82, 2.24) is 15.6 Å².